The van der Waals surface area contributed by atoms with Gasteiger partial charge < -0.3 is 10.1 Å². The lowest BCUT2D eigenvalue weighted by Crippen LogP contribution is -2.46. The molecule has 2 aromatic carbocycles. The Balaban J connectivity index is 1.58. The van der Waals surface area contributed by atoms with Crippen LogP contribution in [0.4, 0.5) is 5.13 Å². The van der Waals surface area contributed by atoms with Crippen LogP contribution in [0, 0.1) is 0 Å². The van der Waals surface area contributed by atoms with Crippen molar-refractivity contribution < 1.29 is 17.9 Å². The Morgan fingerprint density at radius 3 is 2.63 bits per heavy atom. The summed E-state index contributed by atoms with van der Waals surface area (Å²) in [5.41, 5.74) is 1.62. The molecule has 1 unspecified atom stereocenters. The Morgan fingerprint density at radius 1 is 1.20 bits per heavy atom. The molecule has 0 saturated carbocycles. The van der Waals surface area contributed by atoms with Crippen LogP contribution in [-0.4, -0.2) is 55.4 Å². The molecule has 0 spiro atoms. The lowest BCUT2D eigenvalue weighted by Gasteiger charge is -2.33. The number of thiazole rings is 1. The fourth-order valence-corrected chi connectivity index (χ4v) is 5.66. The van der Waals surface area contributed by atoms with Gasteiger partial charge in [0.2, 0.25) is 5.91 Å². The minimum atomic E-state index is -3.04. The molecule has 0 radical (unpaired) electrons. The maximum Gasteiger partial charge on any atom is 0.248 e. The smallest absolute Gasteiger partial charge is 0.248 e. The minimum absolute atomic E-state index is 0.0605. The molecule has 1 aliphatic heterocycles. The first-order valence-corrected chi connectivity index (χ1v) is 12.4. The van der Waals surface area contributed by atoms with Crippen LogP contribution in [0.2, 0.25) is 0 Å². The first-order valence-electron chi connectivity index (χ1n) is 9.79. The number of carbonyl (C=O) groups excluding carboxylic acids is 1. The second-order valence-electron chi connectivity index (χ2n) is 7.07. The van der Waals surface area contributed by atoms with E-state index in [1.54, 1.807) is 0 Å². The number of sulfone groups is 1. The molecule has 1 aromatic heterocycles. The largest absolute Gasteiger partial charge is 0.494 e. The van der Waals surface area contributed by atoms with E-state index in [4.69, 9.17) is 4.74 Å². The van der Waals surface area contributed by atoms with Gasteiger partial charge >= 0.3 is 0 Å². The average molecular weight is 446 g/mol. The van der Waals surface area contributed by atoms with Gasteiger partial charge in [-0.05, 0) is 30.7 Å². The van der Waals surface area contributed by atoms with Crippen LogP contribution in [-0.2, 0) is 14.6 Å². The molecule has 1 atom stereocenters. The van der Waals surface area contributed by atoms with E-state index in [9.17, 15) is 13.2 Å². The van der Waals surface area contributed by atoms with Gasteiger partial charge in [-0.25, -0.2) is 13.4 Å². The molecule has 9 heteroatoms. The number of ether oxygens (including phenoxy) is 1. The number of amides is 1. The number of hydrogen-bond acceptors (Lipinski definition) is 7. The Morgan fingerprint density at radius 2 is 1.93 bits per heavy atom. The number of rotatable bonds is 6. The Labute approximate surface area is 179 Å². The monoisotopic (exact) mass is 445 g/mol. The molecule has 7 nitrogen and oxygen atoms in total. The molecule has 1 amide bonds. The van der Waals surface area contributed by atoms with E-state index in [0.717, 1.165) is 21.5 Å². The third kappa shape index (κ3) is 4.63. The van der Waals surface area contributed by atoms with Crippen molar-refractivity contribution in [1.29, 1.82) is 0 Å². The molecular weight excluding hydrogens is 422 g/mol. The van der Waals surface area contributed by atoms with Gasteiger partial charge in [0.1, 0.15) is 11.8 Å². The highest BCUT2D eigenvalue weighted by Gasteiger charge is 2.32. The fourth-order valence-electron chi connectivity index (χ4n) is 3.54. The summed E-state index contributed by atoms with van der Waals surface area (Å²) < 4.78 is 30.1. The van der Waals surface area contributed by atoms with E-state index in [1.165, 1.54) is 11.3 Å². The lowest BCUT2D eigenvalue weighted by atomic mass is 10.0. The predicted octanol–water partition coefficient (Wildman–Crippen LogP) is 3.11. The summed E-state index contributed by atoms with van der Waals surface area (Å²) in [5.74, 6) is 0.670. The van der Waals surface area contributed by atoms with Gasteiger partial charge in [-0.3, -0.25) is 9.69 Å². The van der Waals surface area contributed by atoms with E-state index < -0.39 is 15.9 Å². The maximum atomic E-state index is 13.3. The van der Waals surface area contributed by atoms with Crippen molar-refractivity contribution in [1.82, 2.24) is 9.88 Å². The van der Waals surface area contributed by atoms with Gasteiger partial charge in [-0.1, -0.05) is 41.7 Å². The molecule has 1 fully saturated rings. The third-order valence-electron chi connectivity index (χ3n) is 5.01. The van der Waals surface area contributed by atoms with Crippen LogP contribution in [0.25, 0.3) is 10.2 Å². The molecule has 1 saturated heterocycles. The van der Waals surface area contributed by atoms with Crippen molar-refractivity contribution in [3.8, 4) is 5.75 Å². The number of carbonyl (C=O) groups is 1. The quantitative estimate of drug-likeness (QED) is 0.627. The highest BCUT2D eigenvalue weighted by molar-refractivity contribution is 7.91. The van der Waals surface area contributed by atoms with E-state index in [0.29, 0.717) is 24.8 Å². The molecule has 30 heavy (non-hydrogen) atoms. The zero-order valence-corrected chi connectivity index (χ0v) is 18.2. The molecular formula is C21H23N3O4S2. The summed E-state index contributed by atoms with van der Waals surface area (Å²) in [6, 6.07) is 14.5. The predicted molar refractivity (Wildman–Crippen MR) is 119 cm³/mol. The van der Waals surface area contributed by atoms with E-state index >= 15 is 0 Å². The standard InChI is InChI=1S/C21H23N3O4S2/c1-2-28-16-8-9-17-18(14-16)29-21(22-17)23-20(25)19(15-6-4-3-5-7-15)24-10-12-30(26,27)13-11-24/h3-9,14,19H,2,10-13H2,1H3,(H,22,23,25). The summed E-state index contributed by atoms with van der Waals surface area (Å²) in [6.07, 6.45) is 0. The van der Waals surface area contributed by atoms with Gasteiger partial charge in [-0.15, -0.1) is 0 Å². The van der Waals surface area contributed by atoms with Crippen molar-refractivity contribution in [2.24, 2.45) is 0 Å². The Hall–Kier alpha value is -2.49. The van der Waals surface area contributed by atoms with Crippen LogP contribution < -0.4 is 10.1 Å². The fraction of sp³-hybridized carbons (Fsp3) is 0.333. The van der Waals surface area contributed by atoms with E-state index in [-0.39, 0.29) is 17.4 Å². The highest BCUT2D eigenvalue weighted by Crippen LogP contribution is 2.31. The summed E-state index contributed by atoms with van der Waals surface area (Å²) in [7, 11) is -3.04. The molecule has 158 valence electrons. The SMILES string of the molecule is CCOc1ccc2nc(NC(=O)C(c3ccccc3)N3CCS(=O)(=O)CC3)sc2c1. The van der Waals surface area contributed by atoms with Gasteiger partial charge in [-0.2, -0.15) is 0 Å². The number of aromatic nitrogens is 1. The van der Waals surface area contributed by atoms with Crippen molar-refractivity contribution in [2.45, 2.75) is 13.0 Å². The van der Waals surface area contributed by atoms with Crippen molar-refractivity contribution in [3.05, 3.63) is 54.1 Å². The molecule has 2 heterocycles. The van der Waals surface area contributed by atoms with Crippen LogP contribution >= 0.6 is 11.3 Å². The topological polar surface area (TPSA) is 88.6 Å². The van der Waals surface area contributed by atoms with Crippen LogP contribution in [0.15, 0.2) is 48.5 Å². The van der Waals surface area contributed by atoms with Gasteiger partial charge in [0.25, 0.3) is 0 Å². The second-order valence-corrected chi connectivity index (χ2v) is 10.4. The Kier molecular flexibility index (Phi) is 6.03. The van der Waals surface area contributed by atoms with E-state index in [2.05, 4.69) is 10.3 Å². The number of hydrogen-bond donors (Lipinski definition) is 1. The van der Waals surface area contributed by atoms with Gasteiger partial charge in [0, 0.05) is 13.1 Å². The van der Waals surface area contributed by atoms with Crippen LogP contribution in [0.3, 0.4) is 0 Å². The first-order chi connectivity index (χ1) is 14.4. The normalized spacial score (nSPS) is 17.5. The second kappa shape index (κ2) is 8.71. The lowest BCUT2D eigenvalue weighted by molar-refractivity contribution is -0.121. The van der Waals surface area contributed by atoms with Crippen LogP contribution in [0.5, 0.6) is 5.75 Å². The highest BCUT2D eigenvalue weighted by atomic mass is 32.2. The summed E-state index contributed by atoms with van der Waals surface area (Å²) in [5, 5.41) is 3.44. The zero-order valence-electron chi connectivity index (χ0n) is 16.6. The summed E-state index contributed by atoms with van der Waals surface area (Å²) in [6.45, 7) is 3.16. The van der Waals surface area contributed by atoms with Crippen LogP contribution in [0.1, 0.15) is 18.5 Å². The van der Waals surface area contributed by atoms with Crippen molar-refractivity contribution in [2.75, 3.05) is 36.5 Å². The average Bonchev–Trinajstić information content (AvgIpc) is 3.12. The molecule has 3 aromatic rings. The van der Waals surface area contributed by atoms with E-state index in [1.807, 2.05) is 60.4 Å². The van der Waals surface area contributed by atoms with Gasteiger partial charge in [0.05, 0.1) is 28.3 Å². The van der Waals surface area contributed by atoms with Crippen molar-refractivity contribution in [3.63, 3.8) is 0 Å². The molecule has 0 bridgehead atoms. The van der Waals surface area contributed by atoms with Gasteiger partial charge in [0.15, 0.2) is 15.0 Å². The number of benzene rings is 2. The van der Waals surface area contributed by atoms with Crippen molar-refractivity contribution >= 4 is 42.4 Å². The number of nitrogens with one attached hydrogen (secondary N) is 1. The number of fused-ring (bicyclic) bond motifs is 1. The minimum Gasteiger partial charge on any atom is -0.494 e. The number of nitrogens with zero attached hydrogens (tertiary/aromatic N) is 2. The zero-order chi connectivity index (χ0) is 21.1. The molecule has 1 aliphatic rings. The molecule has 4 rings (SSSR count). The molecule has 0 aliphatic carbocycles. The Bertz CT molecular complexity index is 1130. The number of anilines is 1. The maximum absolute atomic E-state index is 13.3. The third-order valence-corrected chi connectivity index (χ3v) is 7.55. The first kappa shape index (κ1) is 20.8. The summed E-state index contributed by atoms with van der Waals surface area (Å²) >= 11 is 1.39. The summed E-state index contributed by atoms with van der Waals surface area (Å²) in [4.78, 5) is 19.7. The molecule has 1 N–H and O–H groups in total.